The van der Waals surface area contributed by atoms with Crippen LogP contribution < -0.4 is 5.32 Å². The minimum atomic E-state index is -0.309. The number of benzene rings is 2. The van der Waals surface area contributed by atoms with Crippen LogP contribution in [-0.4, -0.2) is 26.6 Å². The molecule has 0 aliphatic carbocycles. The summed E-state index contributed by atoms with van der Waals surface area (Å²) in [6, 6.07) is 12.2. The number of nitrogens with zero attached hydrogens (tertiary/aromatic N) is 3. The number of aryl methyl sites for hydroxylation is 2. The lowest BCUT2D eigenvalue weighted by molar-refractivity contribution is -0.113. The summed E-state index contributed by atoms with van der Waals surface area (Å²) in [6.45, 7) is 3.97. The van der Waals surface area contributed by atoms with E-state index < -0.39 is 0 Å². The van der Waals surface area contributed by atoms with Crippen molar-refractivity contribution in [3.63, 3.8) is 0 Å². The van der Waals surface area contributed by atoms with Crippen LogP contribution in [0.1, 0.15) is 18.2 Å². The molecule has 0 aliphatic heterocycles. The van der Waals surface area contributed by atoms with E-state index in [-0.39, 0.29) is 17.5 Å². The van der Waals surface area contributed by atoms with Gasteiger partial charge in [-0.3, -0.25) is 4.79 Å². The molecule has 0 fully saturated rings. The first-order chi connectivity index (χ1) is 14.5. The average Bonchev–Trinajstić information content (AvgIpc) is 3.16. The molecule has 2 aromatic carbocycles. The van der Waals surface area contributed by atoms with E-state index in [1.165, 1.54) is 40.8 Å². The largest absolute Gasteiger partial charge is 0.301 e. The number of hydrogen-bond donors (Lipinski definition) is 1. The molecule has 0 atom stereocenters. The van der Waals surface area contributed by atoms with Crippen molar-refractivity contribution in [3.05, 3.63) is 64.9 Å². The van der Waals surface area contributed by atoms with E-state index in [9.17, 15) is 9.18 Å². The van der Waals surface area contributed by atoms with Crippen molar-refractivity contribution in [2.24, 2.45) is 0 Å². The van der Waals surface area contributed by atoms with Crippen LogP contribution in [0, 0.1) is 12.7 Å². The topological polar surface area (TPSA) is 67.8 Å². The van der Waals surface area contributed by atoms with Crippen molar-refractivity contribution >= 4 is 45.0 Å². The Kier molecular flexibility index (Phi) is 6.06. The number of carbonyl (C=O) groups is 1. The van der Waals surface area contributed by atoms with Crippen LogP contribution in [-0.2, 0) is 11.2 Å². The van der Waals surface area contributed by atoms with Crippen molar-refractivity contribution in [2.45, 2.75) is 25.3 Å². The number of thiazole rings is 1. The molecule has 0 aliphatic rings. The molecular weight excluding hydrogens is 419 g/mol. The molecule has 30 heavy (non-hydrogen) atoms. The Morgan fingerprint density at radius 1 is 1.13 bits per heavy atom. The van der Waals surface area contributed by atoms with Gasteiger partial charge in [0.15, 0.2) is 11.0 Å². The van der Waals surface area contributed by atoms with Crippen LogP contribution in [0.25, 0.3) is 22.3 Å². The molecular formula is C22H19FN4OS2. The van der Waals surface area contributed by atoms with E-state index in [1.54, 1.807) is 12.1 Å². The van der Waals surface area contributed by atoms with E-state index in [0.717, 1.165) is 33.6 Å². The summed E-state index contributed by atoms with van der Waals surface area (Å²) in [6.07, 6.45) is 0.893. The predicted molar refractivity (Wildman–Crippen MR) is 121 cm³/mol. The van der Waals surface area contributed by atoms with Crippen molar-refractivity contribution < 1.29 is 9.18 Å². The third kappa shape index (κ3) is 4.66. The van der Waals surface area contributed by atoms with Gasteiger partial charge in [0.25, 0.3) is 0 Å². The standard InChI is InChI=1S/C22H19FN4OS2/c1-3-14-4-9-18-17(10-14)21(27-20(25-18)15-5-7-16(23)8-6-15)29-12-19(28)26-22-24-13(2)11-30-22/h4-11H,3,12H2,1-2H3,(H,24,26,28). The Morgan fingerprint density at radius 2 is 1.93 bits per heavy atom. The molecule has 8 heteroatoms. The fourth-order valence-corrected chi connectivity index (χ4v) is 4.42. The zero-order valence-electron chi connectivity index (χ0n) is 16.5. The molecule has 5 nitrogen and oxygen atoms in total. The van der Waals surface area contributed by atoms with Gasteiger partial charge < -0.3 is 5.32 Å². The summed E-state index contributed by atoms with van der Waals surface area (Å²) in [4.78, 5) is 26.0. The van der Waals surface area contributed by atoms with E-state index in [1.807, 2.05) is 24.4 Å². The molecule has 2 aromatic heterocycles. The van der Waals surface area contributed by atoms with Gasteiger partial charge in [0.2, 0.25) is 5.91 Å². The van der Waals surface area contributed by atoms with Gasteiger partial charge in [-0.1, -0.05) is 24.8 Å². The summed E-state index contributed by atoms with van der Waals surface area (Å²) in [5.74, 6) is 0.251. The Labute approximate surface area is 181 Å². The fourth-order valence-electron chi connectivity index (χ4n) is 2.91. The number of halogens is 1. The molecule has 1 N–H and O–H groups in total. The maximum absolute atomic E-state index is 13.3. The SMILES string of the molecule is CCc1ccc2nc(-c3ccc(F)cc3)nc(SCC(=O)Nc3nc(C)cs3)c2c1. The average molecular weight is 439 g/mol. The molecule has 0 saturated heterocycles. The van der Waals surface area contributed by atoms with E-state index in [4.69, 9.17) is 4.98 Å². The zero-order chi connectivity index (χ0) is 21.1. The molecule has 0 radical (unpaired) electrons. The maximum atomic E-state index is 13.3. The summed E-state index contributed by atoms with van der Waals surface area (Å²) in [7, 11) is 0. The van der Waals surface area contributed by atoms with Crippen LogP contribution in [0.3, 0.4) is 0 Å². The number of fused-ring (bicyclic) bond motifs is 1. The third-order valence-corrected chi connectivity index (χ3v) is 6.31. The number of thioether (sulfide) groups is 1. The monoisotopic (exact) mass is 438 g/mol. The smallest absolute Gasteiger partial charge is 0.236 e. The van der Waals surface area contributed by atoms with Crippen LogP contribution in [0.15, 0.2) is 52.9 Å². The minimum absolute atomic E-state index is 0.143. The Hall–Kier alpha value is -2.84. The van der Waals surface area contributed by atoms with Crippen LogP contribution in [0.5, 0.6) is 0 Å². The van der Waals surface area contributed by atoms with E-state index >= 15 is 0 Å². The van der Waals surface area contributed by atoms with Crippen molar-refractivity contribution in [3.8, 4) is 11.4 Å². The van der Waals surface area contributed by atoms with Gasteiger partial charge in [0.05, 0.1) is 17.0 Å². The fraction of sp³-hybridized carbons (Fsp3) is 0.182. The van der Waals surface area contributed by atoms with Gasteiger partial charge in [0.1, 0.15) is 10.8 Å². The van der Waals surface area contributed by atoms with Gasteiger partial charge >= 0.3 is 0 Å². The summed E-state index contributed by atoms with van der Waals surface area (Å²) in [5.41, 5.74) is 3.56. The summed E-state index contributed by atoms with van der Waals surface area (Å²) >= 11 is 2.75. The minimum Gasteiger partial charge on any atom is -0.301 e. The van der Waals surface area contributed by atoms with Crippen molar-refractivity contribution in [1.29, 1.82) is 0 Å². The van der Waals surface area contributed by atoms with Gasteiger partial charge in [0, 0.05) is 16.3 Å². The molecule has 1 amide bonds. The number of rotatable bonds is 6. The Morgan fingerprint density at radius 3 is 2.63 bits per heavy atom. The highest BCUT2D eigenvalue weighted by molar-refractivity contribution is 8.00. The molecule has 2 heterocycles. The second-order valence-electron chi connectivity index (χ2n) is 6.70. The lowest BCUT2D eigenvalue weighted by atomic mass is 10.1. The number of nitrogens with one attached hydrogen (secondary N) is 1. The molecule has 4 rings (SSSR count). The number of carbonyl (C=O) groups excluding carboxylic acids is 1. The van der Waals surface area contributed by atoms with E-state index in [0.29, 0.717) is 11.0 Å². The summed E-state index contributed by atoms with van der Waals surface area (Å²) < 4.78 is 13.3. The maximum Gasteiger partial charge on any atom is 0.236 e. The first-order valence-corrected chi connectivity index (χ1v) is 11.3. The third-order valence-electron chi connectivity index (χ3n) is 4.44. The highest BCUT2D eigenvalue weighted by Gasteiger charge is 2.13. The first kappa shape index (κ1) is 20.4. The number of amides is 1. The van der Waals surface area contributed by atoms with Gasteiger partial charge in [-0.25, -0.2) is 19.3 Å². The highest BCUT2D eigenvalue weighted by Crippen LogP contribution is 2.30. The molecule has 0 unspecified atom stereocenters. The second-order valence-corrected chi connectivity index (χ2v) is 8.52. The van der Waals surface area contributed by atoms with Crippen LogP contribution in [0.4, 0.5) is 9.52 Å². The van der Waals surface area contributed by atoms with Gasteiger partial charge in [-0.15, -0.1) is 11.3 Å². The quantitative estimate of drug-likeness (QED) is 0.318. The number of anilines is 1. The molecule has 0 spiro atoms. The zero-order valence-corrected chi connectivity index (χ0v) is 18.1. The Balaban J connectivity index is 1.64. The molecule has 0 saturated carbocycles. The second kappa shape index (κ2) is 8.89. The van der Waals surface area contributed by atoms with Crippen molar-refractivity contribution in [2.75, 3.05) is 11.1 Å². The number of aromatic nitrogens is 3. The van der Waals surface area contributed by atoms with Crippen LogP contribution in [0.2, 0.25) is 0 Å². The highest BCUT2D eigenvalue weighted by atomic mass is 32.2. The lowest BCUT2D eigenvalue weighted by Crippen LogP contribution is -2.14. The summed E-state index contributed by atoms with van der Waals surface area (Å²) in [5, 5.41) is 6.93. The predicted octanol–water partition coefficient (Wildman–Crippen LogP) is 5.49. The van der Waals surface area contributed by atoms with Crippen LogP contribution >= 0.6 is 23.1 Å². The normalized spacial score (nSPS) is 11.0. The Bertz CT molecular complexity index is 1210. The van der Waals surface area contributed by atoms with Gasteiger partial charge in [-0.05, 0) is 55.3 Å². The molecule has 4 aromatic rings. The van der Waals surface area contributed by atoms with Gasteiger partial charge in [-0.2, -0.15) is 0 Å². The number of hydrogen-bond acceptors (Lipinski definition) is 6. The first-order valence-electron chi connectivity index (χ1n) is 9.43. The van der Waals surface area contributed by atoms with E-state index in [2.05, 4.69) is 28.3 Å². The molecule has 152 valence electrons. The van der Waals surface area contributed by atoms with Crippen molar-refractivity contribution in [1.82, 2.24) is 15.0 Å². The molecule has 0 bridgehead atoms. The lowest BCUT2D eigenvalue weighted by Gasteiger charge is -2.10.